The van der Waals surface area contributed by atoms with Gasteiger partial charge in [0.05, 0.1) is 0 Å². The van der Waals surface area contributed by atoms with Crippen molar-refractivity contribution in [3.8, 4) is 0 Å². The molecule has 0 saturated carbocycles. The minimum Gasteiger partial charge on any atom is -0.398 e. The highest BCUT2D eigenvalue weighted by atomic mass is 79.9. The van der Waals surface area contributed by atoms with Crippen LogP contribution in [0.3, 0.4) is 0 Å². The van der Waals surface area contributed by atoms with Crippen molar-refractivity contribution in [1.29, 1.82) is 0 Å². The quantitative estimate of drug-likeness (QED) is 0.848. The molecule has 1 saturated heterocycles. The lowest BCUT2D eigenvalue weighted by Gasteiger charge is -2.26. The molecule has 0 radical (unpaired) electrons. The molecule has 1 aliphatic rings. The van der Waals surface area contributed by atoms with E-state index in [0.717, 1.165) is 16.7 Å². The van der Waals surface area contributed by atoms with E-state index in [1.54, 1.807) is 0 Å². The van der Waals surface area contributed by atoms with Crippen LogP contribution in [0.15, 0.2) is 22.7 Å². The van der Waals surface area contributed by atoms with E-state index in [2.05, 4.69) is 33.0 Å². The Morgan fingerprint density at radius 3 is 2.73 bits per heavy atom. The zero-order valence-electron chi connectivity index (χ0n) is 8.58. The highest BCUT2D eigenvalue weighted by molar-refractivity contribution is 9.10. The van der Waals surface area contributed by atoms with E-state index < -0.39 is 0 Å². The molecule has 0 bridgehead atoms. The third kappa shape index (κ3) is 3.13. The molecular formula is C11H15BrN2S. The molecule has 0 aromatic heterocycles. The summed E-state index contributed by atoms with van der Waals surface area (Å²) in [5.41, 5.74) is 8.00. The Kier molecular flexibility index (Phi) is 3.94. The number of anilines is 1. The fourth-order valence-electron chi connectivity index (χ4n) is 1.71. The predicted octanol–water partition coefficient (Wildman–Crippen LogP) is 2.58. The molecule has 2 N–H and O–H groups in total. The number of thioether (sulfide) groups is 1. The summed E-state index contributed by atoms with van der Waals surface area (Å²) in [6.07, 6.45) is 0. The second kappa shape index (κ2) is 5.23. The van der Waals surface area contributed by atoms with Gasteiger partial charge in [-0.15, -0.1) is 0 Å². The smallest absolute Gasteiger partial charge is 0.0461 e. The monoisotopic (exact) mass is 286 g/mol. The maximum absolute atomic E-state index is 5.86. The molecule has 0 amide bonds. The van der Waals surface area contributed by atoms with E-state index in [4.69, 9.17) is 5.73 Å². The SMILES string of the molecule is Nc1cc(CN2CCSCC2)ccc1Br. The van der Waals surface area contributed by atoms with Crippen molar-refractivity contribution < 1.29 is 0 Å². The van der Waals surface area contributed by atoms with Crippen LogP contribution in [-0.4, -0.2) is 29.5 Å². The average molecular weight is 287 g/mol. The third-order valence-electron chi connectivity index (χ3n) is 2.57. The molecule has 0 spiro atoms. The van der Waals surface area contributed by atoms with Crippen molar-refractivity contribution in [2.24, 2.45) is 0 Å². The molecule has 2 rings (SSSR count). The number of benzene rings is 1. The molecule has 2 nitrogen and oxygen atoms in total. The molecule has 1 aliphatic heterocycles. The molecule has 1 aromatic rings. The Morgan fingerprint density at radius 2 is 2.07 bits per heavy atom. The predicted molar refractivity (Wildman–Crippen MR) is 71.2 cm³/mol. The lowest BCUT2D eigenvalue weighted by molar-refractivity contribution is 0.294. The molecule has 0 atom stereocenters. The highest BCUT2D eigenvalue weighted by Crippen LogP contribution is 2.21. The van der Waals surface area contributed by atoms with Crippen molar-refractivity contribution in [3.05, 3.63) is 28.2 Å². The van der Waals surface area contributed by atoms with E-state index in [9.17, 15) is 0 Å². The van der Waals surface area contributed by atoms with Gasteiger partial charge in [-0.1, -0.05) is 6.07 Å². The van der Waals surface area contributed by atoms with Gasteiger partial charge in [0.15, 0.2) is 0 Å². The number of nitrogens with zero attached hydrogens (tertiary/aromatic N) is 1. The van der Waals surface area contributed by atoms with Crippen molar-refractivity contribution in [2.45, 2.75) is 6.54 Å². The van der Waals surface area contributed by atoms with Crippen LogP contribution in [0.4, 0.5) is 5.69 Å². The normalized spacial score (nSPS) is 17.9. The van der Waals surface area contributed by atoms with Gasteiger partial charge in [0, 0.05) is 41.3 Å². The summed E-state index contributed by atoms with van der Waals surface area (Å²) in [6.45, 7) is 3.42. The van der Waals surface area contributed by atoms with Crippen molar-refractivity contribution in [3.63, 3.8) is 0 Å². The van der Waals surface area contributed by atoms with Crippen LogP contribution >= 0.6 is 27.7 Å². The van der Waals surface area contributed by atoms with Crippen LogP contribution in [0.5, 0.6) is 0 Å². The van der Waals surface area contributed by atoms with E-state index in [0.29, 0.717) is 0 Å². The van der Waals surface area contributed by atoms with Crippen LogP contribution in [0.25, 0.3) is 0 Å². The Morgan fingerprint density at radius 1 is 1.33 bits per heavy atom. The third-order valence-corrected chi connectivity index (χ3v) is 4.23. The van der Waals surface area contributed by atoms with Gasteiger partial charge in [-0.2, -0.15) is 11.8 Å². The maximum atomic E-state index is 5.86. The maximum Gasteiger partial charge on any atom is 0.0461 e. The summed E-state index contributed by atoms with van der Waals surface area (Å²) in [4.78, 5) is 2.49. The Bertz CT molecular complexity index is 337. The molecule has 1 aromatic carbocycles. The summed E-state index contributed by atoms with van der Waals surface area (Å²) in [7, 11) is 0. The van der Waals surface area contributed by atoms with Crippen molar-refractivity contribution >= 4 is 33.4 Å². The van der Waals surface area contributed by atoms with Crippen LogP contribution in [-0.2, 0) is 6.54 Å². The van der Waals surface area contributed by atoms with Gasteiger partial charge < -0.3 is 5.73 Å². The minimum absolute atomic E-state index is 0.832. The highest BCUT2D eigenvalue weighted by Gasteiger charge is 2.10. The molecule has 0 unspecified atom stereocenters. The number of nitrogen functional groups attached to an aromatic ring is 1. The Balaban J connectivity index is 2.00. The summed E-state index contributed by atoms with van der Waals surface area (Å²) >= 11 is 5.45. The van der Waals surface area contributed by atoms with E-state index in [-0.39, 0.29) is 0 Å². The number of halogens is 1. The van der Waals surface area contributed by atoms with Gasteiger partial charge in [-0.3, -0.25) is 4.90 Å². The Hall–Kier alpha value is -0.190. The lowest BCUT2D eigenvalue weighted by Crippen LogP contribution is -2.31. The molecular weight excluding hydrogens is 272 g/mol. The van der Waals surface area contributed by atoms with Crippen LogP contribution in [0, 0.1) is 0 Å². The molecule has 4 heteroatoms. The first-order valence-electron chi connectivity index (χ1n) is 5.10. The number of rotatable bonds is 2. The van der Waals surface area contributed by atoms with Crippen LogP contribution in [0.2, 0.25) is 0 Å². The minimum atomic E-state index is 0.832. The zero-order chi connectivity index (χ0) is 10.7. The average Bonchev–Trinajstić information content (AvgIpc) is 2.25. The summed E-state index contributed by atoms with van der Waals surface area (Å²) in [5, 5.41) is 0. The van der Waals surface area contributed by atoms with Gasteiger partial charge in [-0.25, -0.2) is 0 Å². The van der Waals surface area contributed by atoms with Gasteiger partial charge >= 0.3 is 0 Å². The topological polar surface area (TPSA) is 29.3 Å². The number of nitrogens with two attached hydrogens (primary N) is 1. The fraction of sp³-hybridized carbons (Fsp3) is 0.455. The second-order valence-corrected chi connectivity index (χ2v) is 5.82. The van der Waals surface area contributed by atoms with E-state index in [1.807, 2.05) is 17.8 Å². The molecule has 1 heterocycles. The first-order valence-corrected chi connectivity index (χ1v) is 7.04. The van der Waals surface area contributed by atoms with Crippen molar-refractivity contribution in [2.75, 3.05) is 30.3 Å². The molecule has 1 fully saturated rings. The van der Waals surface area contributed by atoms with Gasteiger partial charge in [0.1, 0.15) is 0 Å². The first kappa shape index (κ1) is 11.3. The van der Waals surface area contributed by atoms with E-state index >= 15 is 0 Å². The van der Waals surface area contributed by atoms with Crippen LogP contribution < -0.4 is 5.73 Å². The summed E-state index contributed by atoms with van der Waals surface area (Å²) in [5.74, 6) is 2.51. The van der Waals surface area contributed by atoms with E-state index in [1.165, 1.54) is 30.2 Å². The number of hydrogen-bond donors (Lipinski definition) is 1. The Labute approximate surface area is 103 Å². The molecule has 82 valence electrons. The van der Waals surface area contributed by atoms with Gasteiger partial charge in [0.25, 0.3) is 0 Å². The summed E-state index contributed by atoms with van der Waals surface area (Å²) in [6, 6.07) is 6.23. The fourth-order valence-corrected chi connectivity index (χ4v) is 2.93. The zero-order valence-corrected chi connectivity index (χ0v) is 11.0. The first-order chi connectivity index (χ1) is 7.25. The standard InChI is InChI=1S/C11H15BrN2S/c12-10-2-1-9(7-11(10)13)8-14-3-5-15-6-4-14/h1-2,7H,3-6,8,13H2. The number of hydrogen-bond acceptors (Lipinski definition) is 3. The van der Waals surface area contributed by atoms with Gasteiger partial charge in [-0.05, 0) is 33.6 Å². The molecule has 15 heavy (non-hydrogen) atoms. The van der Waals surface area contributed by atoms with Crippen LogP contribution in [0.1, 0.15) is 5.56 Å². The summed E-state index contributed by atoms with van der Waals surface area (Å²) < 4.78 is 0.987. The molecule has 0 aliphatic carbocycles. The second-order valence-electron chi connectivity index (χ2n) is 3.74. The largest absolute Gasteiger partial charge is 0.398 e. The lowest BCUT2D eigenvalue weighted by atomic mass is 10.2. The van der Waals surface area contributed by atoms with Crippen molar-refractivity contribution in [1.82, 2.24) is 4.90 Å². The van der Waals surface area contributed by atoms with Gasteiger partial charge in [0.2, 0.25) is 0 Å².